The molecule has 0 spiro atoms. The molecule has 1 saturated carbocycles. The second-order valence-corrected chi connectivity index (χ2v) is 5.79. The molecule has 1 unspecified atom stereocenters. The van der Waals surface area contributed by atoms with Crippen molar-refractivity contribution in [2.24, 2.45) is 0 Å². The summed E-state index contributed by atoms with van der Waals surface area (Å²) in [6.07, 6.45) is 2.70. The van der Waals surface area contributed by atoms with Crippen LogP contribution in [0.5, 0.6) is 0 Å². The molecular weight excluding hydrogens is 280 g/mol. The van der Waals surface area contributed by atoms with Crippen molar-refractivity contribution in [1.82, 2.24) is 10.3 Å². The van der Waals surface area contributed by atoms with E-state index in [9.17, 15) is 4.79 Å². The minimum atomic E-state index is -0.278. The zero-order valence-corrected chi connectivity index (χ0v) is 12.2. The topological polar surface area (TPSA) is 110 Å². The summed E-state index contributed by atoms with van der Waals surface area (Å²) < 4.78 is 5.01. The van der Waals surface area contributed by atoms with E-state index in [0.717, 1.165) is 12.8 Å². The number of rotatable bonds is 8. The summed E-state index contributed by atoms with van der Waals surface area (Å²) in [5.74, 6) is -0.0461. The number of nitrogen functional groups attached to an aromatic ring is 1. The average Bonchev–Trinajstić information content (AvgIpc) is 3.12. The number of aliphatic hydroxyl groups is 1. The SMILES string of the molecule is COCC(CCO)NC(=O)c1sc(NC2CC2)nc1N. The molecule has 1 fully saturated rings. The number of nitrogens with two attached hydrogens (primary N) is 1. The lowest BCUT2D eigenvalue weighted by Crippen LogP contribution is -2.38. The van der Waals surface area contributed by atoms with Crippen LogP contribution in [0.1, 0.15) is 28.9 Å². The molecule has 5 N–H and O–H groups in total. The molecule has 0 bridgehead atoms. The molecule has 0 radical (unpaired) electrons. The summed E-state index contributed by atoms with van der Waals surface area (Å²) in [6.45, 7) is 0.332. The molecule has 1 aliphatic rings. The molecule has 20 heavy (non-hydrogen) atoms. The fraction of sp³-hybridized carbons (Fsp3) is 0.667. The summed E-state index contributed by atoms with van der Waals surface area (Å²) in [6, 6.07) is 0.228. The highest BCUT2D eigenvalue weighted by Gasteiger charge is 2.24. The van der Waals surface area contributed by atoms with Gasteiger partial charge in [0.05, 0.1) is 12.6 Å². The van der Waals surface area contributed by atoms with Crippen molar-refractivity contribution in [2.75, 3.05) is 31.4 Å². The van der Waals surface area contributed by atoms with Crippen LogP contribution in [0.3, 0.4) is 0 Å². The van der Waals surface area contributed by atoms with Gasteiger partial charge in [-0.2, -0.15) is 0 Å². The maximum absolute atomic E-state index is 12.2. The van der Waals surface area contributed by atoms with Crippen LogP contribution in [0.4, 0.5) is 10.9 Å². The molecule has 1 aromatic rings. The molecule has 1 aliphatic carbocycles. The maximum Gasteiger partial charge on any atom is 0.265 e. The third-order valence-corrected chi connectivity index (χ3v) is 3.95. The summed E-state index contributed by atoms with van der Waals surface area (Å²) >= 11 is 1.25. The molecular formula is C12H20N4O3S. The number of anilines is 2. The molecule has 0 aromatic carbocycles. The van der Waals surface area contributed by atoms with E-state index in [4.69, 9.17) is 15.6 Å². The van der Waals surface area contributed by atoms with Crippen molar-refractivity contribution < 1.29 is 14.6 Å². The number of hydrogen-bond donors (Lipinski definition) is 4. The Bertz CT molecular complexity index is 456. The van der Waals surface area contributed by atoms with Gasteiger partial charge in [0.25, 0.3) is 5.91 Å². The number of nitrogens with one attached hydrogen (secondary N) is 2. The monoisotopic (exact) mass is 300 g/mol. The summed E-state index contributed by atoms with van der Waals surface area (Å²) in [5, 5.41) is 15.7. The Kier molecular flexibility index (Phi) is 5.16. The minimum Gasteiger partial charge on any atom is -0.396 e. The number of thiazole rings is 1. The van der Waals surface area contributed by atoms with E-state index in [1.807, 2.05) is 0 Å². The molecule has 0 aliphatic heterocycles. The highest BCUT2D eigenvalue weighted by molar-refractivity contribution is 7.18. The van der Waals surface area contributed by atoms with Crippen LogP contribution in [0, 0.1) is 0 Å². The predicted molar refractivity (Wildman–Crippen MR) is 78.0 cm³/mol. The van der Waals surface area contributed by atoms with Crippen molar-refractivity contribution in [3.8, 4) is 0 Å². The number of aliphatic hydroxyl groups excluding tert-OH is 1. The Morgan fingerprint density at radius 3 is 3.00 bits per heavy atom. The van der Waals surface area contributed by atoms with Crippen LogP contribution in [-0.4, -0.2) is 48.4 Å². The van der Waals surface area contributed by atoms with E-state index >= 15 is 0 Å². The van der Waals surface area contributed by atoms with Crippen LogP contribution >= 0.6 is 11.3 Å². The summed E-state index contributed by atoms with van der Waals surface area (Å²) in [5.41, 5.74) is 5.78. The van der Waals surface area contributed by atoms with Gasteiger partial charge in [-0.05, 0) is 19.3 Å². The molecule has 0 saturated heterocycles. The van der Waals surface area contributed by atoms with Crippen molar-refractivity contribution >= 4 is 28.2 Å². The zero-order chi connectivity index (χ0) is 14.5. The van der Waals surface area contributed by atoms with Gasteiger partial charge in [0.2, 0.25) is 0 Å². The standard InChI is InChI=1S/C12H20N4O3S/c1-19-6-8(4-5-17)14-11(18)9-10(13)16-12(20-9)15-7-2-3-7/h7-8,17H,2-6,13H2,1H3,(H,14,18)(H,15,16). The van der Waals surface area contributed by atoms with Gasteiger partial charge in [-0.3, -0.25) is 4.79 Å². The third kappa shape index (κ3) is 4.06. The normalized spacial score (nSPS) is 15.9. The van der Waals surface area contributed by atoms with Crippen molar-refractivity contribution in [1.29, 1.82) is 0 Å². The van der Waals surface area contributed by atoms with E-state index in [2.05, 4.69) is 15.6 Å². The summed E-state index contributed by atoms with van der Waals surface area (Å²) in [7, 11) is 1.55. The summed E-state index contributed by atoms with van der Waals surface area (Å²) in [4.78, 5) is 16.7. The number of carbonyl (C=O) groups is 1. The molecule has 1 heterocycles. The third-order valence-electron chi connectivity index (χ3n) is 2.95. The fourth-order valence-corrected chi connectivity index (χ4v) is 2.63. The Morgan fingerprint density at radius 1 is 1.65 bits per heavy atom. The van der Waals surface area contributed by atoms with Crippen molar-refractivity contribution in [3.05, 3.63) is 4.88 Å². The molecule has 8 heteroatoms. The molecule has 1 aromatic heterocycles. The Morgan fingerprint density at radius 2 is 2.40 bits per heavy atom. The highest BCUT2D eigenvalue weighted by atomic mass is 32.1. The number of amides is 1. The molecule has 7 nitrogen and oxygen atoms in total. The number of methoxy groups -OCH3 is 1. The average molecular weight is 300 g/mol. The minimum absolute atomic E-state index is 0.0129. The maximum atomic E-state index is 12.2. The Labute approximate surface area is 121 Å². The van der Waals surface area contributed by atoms with Gasteiger partial charge >= 0.3 is 0 Å². The fourth-order valence-electron chi connectivity index (χ4n) is 1.76. The van der Waals surface area contributed by atoms with Gasteiger partial charge in [-0.15, -0.1) is 0 Å². The number of nitrogens with zero attached hydrogens (tertiary/aromatic N) is 1. The molecule has 1 amide bonds. The first-order valence-corrected chi connectivity index (χ1v) is 7.39. The van der Waals surface area contributed by atoms with Gasteiger partial charge in [-0.25, -0.2) is 4.98 Å². The quantitative estimate of drug-likeness (QED) is 0.554. The second kappa shape index (κ2) is 6.87. The van der Waals surface area contributed by atoms with Gasteiger partial charge in [0.1, 0.15) is 10.7 Å². The molecule has 112 valence electrons. The van der Waals surface area contributed by atoms with E-state index in [0.29, 0.717) is 29.1 Å². The predicted octanol–water partition coefficient (Wildman–Crippen LogP) is 0.427. The van der Waals surface area contributed by atoms with E-state index < -0.39 is 0 Å². The van der Waals surface area contributed by atoms with E-state index in [-0.39, 0.29) is 24.4 Å². The van der Waals surface area contributed by atoms with Gasteiger partial charge in [-0.1, -0.05) is 11.3 Å². The van der Waals surface area contributed by atoms with Crippen LogP contribution < -0.4 is 16.4 Å². The number of ether oxygens (including phenoxy) is 1. The van der Waals surface area contributed by atoms with Crippen LogP contribution in [0.15, 0.2) is 0 Å². The zero-order valence-electron chi connectivity index (χ0n) is 11.4. The number of carbonyl (C=O) groups excluding carboxylic acids is 1. The first kappa shape index (κ1) is 15.0. The van der Waals surface area contributed by atoms with E-state index in [1.165, 1.54) is 11.3 Å². The largest absolute Gasteiger partial charge is 0.396 e. The molecule has 2 rings (SSSR count). The first-order valence-electron chi connectivity index (χ1n) is 6.57. The van der Waals surface area contributed by atoms with Crippen molar-refractivity contribution in [2.45, 2.75) is 31.3 Å². The van der Waals surface area contributed by atoms with Crippen LogP contribution in [0.2, 0.25) is 0 Å². The lowest BCUT2D eigenvalue weighted by atomic mass is 10.2. The number of aromatic nitrogens is 1. The van der Waals surface area contributed by atoms with Crippen LogP contribution in [0.25, 0.3) is 0 Å². The Hall–Kier alpha value is -1.38. The van der Waals surface area contributed by atoms with E-state index in [1.54, 1.807) is 7.11 Å². The molecule has 1 atom stereocenters. The van der Waals surface area contributed by atoms with Gasteiger partial charge in [0, 0.05) is 19.8 Å². The second-order valence-electron chi connectivity index (χ2n) is 4.79. The van der Waals surface area contributed by atoms with Crippen molar-refractivity contribution in [3.63, 3.8) is 0 Å². The first-order chi connectivity index (χ1) is 9.63. The highest BCUT2D eigenvalue weighted by Crippen LogP contribution is 2.30. The smallest absolute Gasteiger partial charge is 0.265 e. The van der Waals surface area contributed by atoms with Gasteiger partial charge < -0.3 is 26.2 Å². The lowest BCUT2D eigenvalue weighted by molar-refractivity contribution is 0.0883. The Balaban J connectivity index is 1.97. The number of hydrogen-bond acceptors (Lipinski definition) is 7. The van der Waals surface area contributed by atoms with Gasteiger partial charge in [0.15, 0.2) is 5.13 Å². The van der Waals surface area contributed by atoms with Crippen LogP contribution in [-0.2, 0) is 4.74 Å². The lowest BCUT2D eigenvalue weighted by Gasteiger charge is -2.16.